The zero-order valence-electron chi connectivity index (χ0n) is 8.05. The molecule has 76 valence electrons. The average molecular weight is 257 g/mol. The molecule has 0 bridgehead atoms. The minimum Gasteiger partial charge on any atom is -0.365 e. The van der Waals surface area contributed by atoms with Crippen LogP contribution < -0.4 is 10.6 Å². The number of aromatic nitrogens is 2. The van der Waals surface area contributed by atoms with Gasteiger partial charge in [0.25, 0.3) is 0 Å². The molecule has 0 spiro atoms. The van der Waals surface area contributed by atoms with Crippen molar-refractivity contribution in [3.05, 3.63) is 16.5 Å². The first-order valence-corrected chi connectivity index (χ1v) is 5.51. The van der Waals surface area contributed by atoms with E-state index in [-0.39, 0.29) is 0 Å². The van der Waals surface area contributed by atoms with E-state index in [1.165, 1.54) is 0 Å². The fraction of sp³-hybridized carbons (Fsp3) is 0.556. The summed E-state index contributed by atoms with van der Waals surface area (Å²) in [7, 11) is 0. The van der Waals surface area contributed by atoms with Gasteiger partial charge in [0.1, 0.15) is 12.1 Å². The van der Waals surface area contributed by atoms with Gasteiger partial charge in [-0.2, -0.15) is 0 Å². The molecule has 0 aromatic carbocycles. The normalized spacial score (nSPS) is 21.1. The van der Waals surface area contributed by atoms with Crippen LogP contribution in [0.4, 0.5) is 5.82 Å². The van der Waals surface area contributed by atoms with E-state index in [0.717, 1.165) is 35.5 Å². The van der Waals surface area contributed by atoms with E-state index in [2.05, 4.69) is 36.5 Å². The zero-order chi connectivity index (χ0) is 9.97. The molecule has 14 heavy (non-hydrogen) atoms. The number of rotatable bonds is 2. The van der Waals surface area contributed by atoms with Crippen LogP contribution in [0.3, 0.4) is 0 Å². The molecular formula is C9H13BrN4. The van der Waals surface area contributed by atoms with E-state index in [0.29, 0.717) is 6.04 Å². The van der Waals surface area contributed by atoms with Crippen molar-refractivity contribution >= 4 is 21.7 Å². The summed E-state index contributed by atoms with van der Waals surface area (Å²) in [6, 6.07) is 0.487. The monoisotopic (exact) mass is 256 g/mol. The molecule has 0 saturated carbocycles. The molecule has 1 unspecified atom stereocenters. The van der Waals surface area contributed by atoms with E-state index < -0.39 is 0 Å². The molecule has 4 nitrogen and oxygen atoms in total. The third-order valence-corrected chi connectivity index (χ3v) is 3.31. The van der Waals surface area contributed by atoms with Gasteiger partial charge in [-0.3, -0.25) is 0 Å². The van der Waals surface area contributed by atoms with Gasteiger partial charge in [-0.1, -0.05) is 0 Å². The maximum absolute atomic E-state index is 4.21. The van der Waals surface area contributed by atoms with Crippen LogP contribution in [-0.4, -0.2) is 29.1 Å². The first-order chi connectivity index (χ1) is 6.77. The van der Waals surface area contributed by atoms with Crippen molar-refractivity contribution in [1.82, 2.24) is 15.3 Å². The number of aryl methyl sites for hydroxylation is 1. The Balaban J connectivity index is 2.11. The maximum Gasteiger partial charge on any atom is 0.144 e. The third kappa shape index (κ3) is 2.04. The molecule has 1 atom stereocenters. The molecule has 0 radical (unpaired) electrons. The lowest BCUT2D eigenvalue weighted by Gasteiger charge is -2.13. The van der Waals surface area contributed by atoms with Crippen molar-refractivity contribution in [2.24, 2.45) is 0 Å². The first-order valence-electron chi connectivity index (χ1n) is 4.71. The second-order valence-electron chi connectivity index (χ2n) is 3.46. The van der Waals surface area contributed by atoms with E-state index in [9.17, 15) is 0 Å². The Morgan fingerprint density at radius 3 is 3.14 bits per heavy atom. The van der Waals surface area contributed by atoms with E-state index >= 15 is 0 Å². The zero-order valence-corrected chi connectivity index (χ0v) is 9.63. The second-order valence-corrected chi connectivity index (χ2v) is 4.25. The number of nitrogens with zero attached hydrogens (tertiary/aromatic N) is 2. The topological polar surface area (TPSA) is 49.8 Å². The van der Waals surface area contributed by atoms with Gasteiger partial charge >= 0.3 is 0 Å². The highest BCUT2D eigenvalue weighted by Gasteiger charge is 2.16. The molecule has 1 aromatic rings. The lowest BCUT2D eigenvalue weighted by atomic mass is 10.2. The Labute approximate surface area is 91.7 Å². The van der Waals surface area contributed by atoms with Crippen molar-refractivity contribution in [1.29, 1.82) is 0 Å². The van der Waals surface area contributed by atoms with Crippen LogP contribution in [0.5, 0.6) is 0 Å². The molecule has 1 fully saturated rings. The van der Waals surface area contributed by atoms with Crippen LogP contribution in [-0.2, 0) is 0 Å². The molecule has 2 N–H and O–H groups in total. The maximum atomic E-state index is 4.21. The number of hydrogen-bond donors (Lipinski definition) is 2. The van der Waals surface area contributed by atoms with E-state index in [4.69, 9.17) is 0 Å². The predicted octanol–water partition coefficient (Wildman–Crippen LogP) is 1.32. The summed E-state index contributed by atoms with van der Waals surface area (Å²) in [5.74, 6) is 0.895. The van der Waals surface area contributed by atoms with Gasteiger partial charge in [0.05, 0.1) is 10.2 Å². The van der Waals surface area contributed by atoms with Crippen molar-refractivity contribution in [3.63, 3.8) is 0 Å². The summed E-state index contributed by atoms with van der Waals surface area (Å²) in [5.41, 5.74) is 0.966. The first kappa shape index (κ1) is 9.86. The molecule has 2 heterocycles. The lowest BCUT2D eigenvalue weighted by molar-refractivity contribution is 0.785. The number of anilines is 1. The van der Waals surface area contributed by atoms with Gasteiger partial charge < -0.3 is 10.6 Å². The summed E-state index contributed by atoms with van der Waals surface area (Å²) < 4.78 is 0.965. The number of hydrogen-bond acceptors (Lipinski definition) is 4. The molecule has 1 aliphatic heterocycles. The molecule has 1 saturated heterocycles. The Kier molecular flexibility index (Phi) is 2.98. The molecule has 1 aromatic heterocycles. The summed E-state index contributed by atoms with van der Waals surface area (Å²) in [6.45, 7) is 4.05. The number of nitrogens with one attached hydrogen (secondary N) is 2. The molecule has 0 aliphatic carbocycles. The highest BCUT2D eigenvalue weighted by molar-refractivity contribution is 9.10. The minimum atomic E-state index is 0.487. The fourth-order valence-electron chi connectivity index (χ4n) is 1.53. The predicted molar refractivity (Wildman–Crippen MR) is 59.4 cm³/mol. The summed E-state index contributed by atoms with van der Waals surface area (Å²) >= 11 is 3.48. The summed E-state index contributed by atoms with van der Waals surface area (Å²) in [4.78, 5) is 8.31. The van der Waals surface area contributed by atoms with Gasteiger partial charge in [-0.15, -0.1) is 0 Å². The van der Waals surface area contributed by atoms with E-state index in [1.807, 2.05) is 6.92 Å². The van der Waals surface area contributed by atoms with Crippen molar-refractivity contribution in [2.45, 2.75) is 19.4 Å². The van der Waals surface area contributed by atoms with Crippen LogP contribution in [0, 0.1) is 6.92 Å². The Bertz CT molecular complexity index is 323. The van der Waals surface area contributed by atoms with Gasteiger partial charge in [0.2, 0.25) is 0 Å². The van der Waals surface area contributed by atoms with Crippen LogP contribution in [0.1, 0.15) is 12.1 Å². The molecular weight excluding hydrogens is 244 g/mol. The average Bonchev–Trinajstić information content (AvgIpc) is 2.66. The smallest absolute Gasteiger partial charge is 0.144 e. The SMILES string of the molecule is Cc1ncnc(NC2CCNC2)c1Br. The van der Waals surface area contributed by atoms with E-state index in [1.54, 1.807) is 6.33 Å². The van der Waals surface area contributed by atoms with Gasteiger partial charge in [0, 0.05) is 12.6 Å². The Morgan fingerprint density at radius 2 is 2.43 bits per heavy atom. The van der Waals surface area contributed by atoms with Crippen LogP contribution in [0.25, 0.3) is 0 Å². The van der Waals surface area contributed by atoms with Crippen LogP contribution >= 0.6 is 15.9 Å². The highest BCUT2D eigenvalue weighted by atomic mass is 79.9. The third-order valence-electron chi connectivity index (χ3n) is 2.36. The molecule has 2 rings (SSSR count). The van der Waals surface area contributed by atoms with Gasteiger partial charge in [-0.25, -0.2) is 9.97 Å². The van der Waals surface area contributed by atoms with Crippen LogP contribution in [0.2, 0.25) is 0 Å². The van der Waals surface area contributed by atoms with Crippen LogP contribution in [0.15, 0.2) is 10.8 Å². The molecule has 5 heteroatoms. The van der Waals surface area contributed by atoms with Gasteiger partial charge in [-0.05, 0) is 35.8 Å². The standard InChI is InChI=1S/C9H13BrN4/c1-6-8(10)9(13-5-12-6)14-7-2-3-11-4-7/h5,7,11H,2-4H2,1H3,(H,12,13,14). The highest BCUT2D eigenvalue weighted by Crippen LogP contribution is 2.22. The van der Waals surface area contributed by atoms with Crippen molar-refractivity contribution in [3.8, 4) is 0 Å². The van der Waals surface area contributed by atoms with Gasteiger partial charge in [0.15, 0.2) is 0 Å². The van der Waals surface area contributed by atoms with Crippen molar-refractivity contribution in [2.75, 3.05) is 18.4 Å². The molecule has 1 aliphatic rings. The second kappa shape index (κ2) is 4.23. The Morgan fingerprint density at radius 1 is 1.57 bits per heavy atom. The Hall–Kier alpha value is -0.680. The van der Waals surface area contributed by atoms with Crippen molar-refractivity contribution < 1.29 is 0 Å². The fourth-order valence-corrected chi connectivity index (χ4v) is 1.85. The lowest BCUT2D eigenvalue weighted by Crippen LogP contribution is -2.23. The largest absolute Gasteiger partial charge is 0.365 e. The minimum absolute atomic E-state index is 0.487. The quantitative estimate of drug-likeness (QED) is 0.839. The number of halogens is 1. The summed E-state index contributed by atoms with van der Waals surface area (Å²) in [6.07, 6.45) is 2.74. The molecule has 0 amide bonds. The summed E-state index contributed by atoms with van der Waals surface area (Å²) in [5, 5.41) is 6.69.